The summed E-state index contributed by atoms with van der Waals surface area (Å²) in [6.07, 6.45) is 3.26. The molecular formula is C15H12N6O3. The maximum absolute atomic E-state index is 9.49. The number of aromatic nitrogens is 5. The van der Waals surface area contributed by atoms with E-state index in [1.807, 2.05) is 6.92 Å². The SMILES string of the molecule is Cc1c(-c2nonc2N)nc2cnc(Oc3cccc(O)c3)cn12. The average Bonchev–Trinajstić information content (AvgIpc) is 3.11. The minimum atomic E-state index is 0.115. The summed E-state index contributed by atoms with van der Waals surface area (Å²) < 4.78 is 12.1. The van der Waals surface area contributed by atoms with Crippen LogP contribution in [0.1, 0.15) is 5.69 Å². The van der Waals surface area contributed by atoms with Gasteiger partial charge in [-0.2, -0.15) is 0 Å². The summed E-state index contributed by atoms with van der Waals surface area (Å²) in [4.78, 5) is 8.65. The third kappa shape index (κ3) is 2.28. The Labute approximate surface area is 135 Å². The Morgan fingerprint density at radius 3 is 2.88 bits per heavy atom. The molecule has 0 aliphatic heterocycles. The number of nitrogens with two attached hydrogens (primary N) is 1. The summed E-state index contributed by atoms with van der Waals surface area (Å²) >= 11 is 0. The van der Waals surface area contributed by atoms with Crippen LogP contribution in [0.3, 0.4) is 0 Å². The van der Waals surface area contributed by atoms with Crippen LogP contribution >= 0.6 is 0 Å². The monoisotopic (exact) mass is 324 g/mol. The molecule has 9 heteroatoms. The van der Waals surface area contributed by atoms with Crippen molar-refractivity contribution in [1.29, 1.82) is 0 Å². The van der Waals surface area contributed by atoms with Crippen molar-refractivity contribution >= 4 is 11.5 Å². The van der Waals surface area contributed by atoms with Gasteiger partial charge in [-0.25, -0.2) is 14.6 Å². The number of imidazole rings is 1. The van der Waals surface area contributed by atoms with Crippen LogP contribution in [0.5, 0.6) is 17.4 Å². The van der Waals surface area contributed by atoms with E-state index in [0.29, 0.717) is 28.7 Å². The quantitative estimate of drug-likeness (QED) is 0.587. The fourth-order valence-corrected chi connectivity index (χ4v) is 2.36. The van der Waals surface area contributed by atoms with E-state index in [0.717, 1.165) is 5.69 Å². The Hall–Kier alpha value is -3.62. The molecule has 0 atom stereocenters. The lowest BCUT2D eigenvalue weighted by molar-refractivity contribution is 0.310. The van der Waals surface area contributed by atoms with Crippen LogP contribution in [-0.4, -0.2) is 29.8 Å². The molecule has 0 unspecified atom stereocenters. The van der Waals surface area contributed by atoms with Crippen LogP contribution in [0.4, 0.5) is 5.82 Å². The van der Waals surface area contributed by atoms with Gasteiger partial charge in [-0.05, 0) is 29.4 Å². The first-order valence-corrected chi connectivity index (χ1v) is 7.02. The zero-order valence-electron chi connectivity index (χ0n) is 12.5. The number of phenols is 1. The highest BCUT2D eigenvalue weighted by atomic mass is 16.6. The molecule has 4 aromatic rings. The maximum atomic E-state index is 9.49. The molecule has 24 heavy (non-hydrogen) atoms. The summed E-state index contributed by atoms with van der Waals surface area (Å²) in [6.45, 7) is 1.86. The topological polar surface area (TPSA) is 125 Å². The van der Waals surface area contributed by atoms with Crippen molar-refractivity contribution in [2.24, 2.45) is 0 Å². The largest absolute Gasteiger partial charge is 0.508 e. The number of ether oxygens (including phenoxy) is 1. The molecule has 120 valence electrons. The first kappa shape index (κ1) is 14.0. The Bertz CT molecular complexity index is 1040. The highest BCUT2D eigenvalue weighted by Crippen LogP contribution is 2.28. The van der Waals surface area contributed by atoms with Gasteiger partial charge in [0, 0.05) is 11.8 Å². The van der Waals surface area contributed by atoms with Crippen LogP contribution in [-0.2, 0) is 0 Å². The summed E-state index contributed by atoms with van der Waals surface area (Å²) in [6, 6.07) is 6.47. The fraction of sp³-hybridized carbons (Fsp3) is 0.0667. The molecule has 3 N–H and O–H groups in total. The molecule has 1 aromatic carbocycles. The minimum Gasteiger partial charge on any atom is -0.508 e. The Kier molecular flexibility index (Phi) is 3.05. The van der Waals surface area contributed by atoms with E-state index in [9.17, 15) is 5.11 Å². The third-order valence-electron chi connectivity index (χ3n) is 3.50. The Balaban J connectivity index is 1.76. The van der Waals surface area contributed by atoms with E-state index in [1.54, 1.807) is 35.0 Å². The third-order valence-corrected chi connectivity index (χ3v) is 3.50. The summed E-state index contributed by atoms with van der Waals surface area (Å²) in [5, 5.41) is 16.8. The number of nitrogen functional groups attached to an aromatic ring is 1. The molecule has 3 heterocycles. The van der Waals surface area contributed by atoms with E-state index in [1.165, 1.54) is 6.07 Å². The normalized spacial score (nSPS) is 11.0. The van der Waals surface area contributed by atoms with Gasteiger partial charge < -0.3 is 15.6 Å². The van der Waals surface area contributed by atoms with Gasteiger partial charge in [0.25, 0.3) is 0 Å². The number of anilines is 1. The van der Waals surface area contributed by atoms with Crippen LogP contribution in [0.25, 0.3) is 17.0 Å². The molecule has 0 aliphatic rings. The van der Waals surface area contributed by atoms with Crippen molar-refractivity contribution in [2.75, 3.05) is 5.73 Å². The highest BCUT2D eigenvalue weighted by Gasteiger charge is 2.18. The van der Waals surface area contributed by atoms with Gasteiger partial charge in [-0.15, -0.1) is 0 Å². The van der Waals surface area contributed by atoms with Crippen molar-refractivity contribution in [3.05, 3.63) is 42.4 Å². The van der Waals surface area contributed by atoms with E-state index in [-0.39, 0.29) is 11.6 Å². The lowest BCUT2D eigenvalue weighted by Crippen LogP contribution is -1.94. The van der Waals surface area contributed by atoms with E-state index >= 15 is 0 Å². The molecule has 0 saturated carbocycles. The lowest BCUT2D eigenvalue weighted by Gasteiger charge is -2.05. The predicted octanol–water partition coefficient (Wildman–Crippen LogP) is 2.17. The number of nitrogens with zero attached hydrogens (tertiary/aromatic N) is 5. The summed E-state index contributed by atoms with van der Waals surface area (Å²) in [5.41, 5.74) is 8.06. The summed E-state index contributed by atoms with van der Waals surface area (Å²) in [5.74, 6) is 1.12. The summed E-state index contributed by atoms with van der Waals surface area (Å²) in [7, 11) is 0. The number of hydrogen-bond donors (Lipinski definition) is 2. The zero-order valence-corrected chi connectivity index (χ0v) is 12.5. The van der Waals surface area contributed by atoms with Crippen LogP contribution in [0, 0.1) is 6.92 Å². The van der Waals surface area contributed by atoms with Crippen molar-refractivity contribution < 1.29 is 14.5 Å². The van der Waals surface area contributed by atoms with Crippen molar-refractivity contribution in [1.82, 2.24) is 24.7 Å². The van der Waals surface area contributed by atoms with Crippen molar-refractivity contribution in [2.45, 2.75) is 6.92 Å². The molecule has 0 radical (unpaired) electrons. The standard InChI is InChI=1S/C15H12N6O3/c1-8-13(14-15(16)20-24-19-14)18-11-6-17-12(7-21(8)11)23-10-4-2-3-9(22)5-10/h2-7,22H,1H3,(H2,16,20). The molecule has 0 amide bonds. The lowest BCUT2D eigenvalue weighted by atomic mass is 10.2. The molecule has 3 aromatic heterocycles. The maximum Gasteiger partial charge on any atom is 0.236 e. The number of aromatic hydroxyl groups is 1. The van der Waals surface area contributed by atoms with Gasteiger partial charge in [0.05, 0.1) is 12.4 Å². The first-order valence-electron chi connectivity index (χ1n) is 7.02. The Morgan fingerprint density at radius 2 is 2.12 bits per heavy atom. The van der Waals surface area contributed by atoms with Gasteiger partial charge in [-0.3, -0.25) is 4.40 Å². The molecule has 0 spiro atoms. The molecule has 4 rings (SSSR count). The smallest absolute Gasteiger partial charge is 0.236 e. The van der Waals surface area contributed by atoms with Gasteiger partial charge in [0.2, 0.25) is 5.88 Å². The molecule has 0 aliphatic carbocycles. The second-order valence-electron chi connectivity index (χ2n) is 5.10. The minimum absolute atomic E-state index is 0.115. The van der Waals surface area contributed by atoms with Gasteiger partial charge in [0.15, 0.2) is 17.2 Å². The van der Waals surface area contributed by atoms with Crippen LogP contribution in [0.2, 0.25) is 0 Å². The number of benzene rings is 1. The molecule has 9 nitrogen and oxygen atoms in total. The number of phenolic OH excluding ortho intramolecular Hbond substituents is 1. The second kappa shape index (κ2) is 5.23. The Morgan fingerprint density at radius 1 is 1.25 bits per heavy atom. The van der Waals surface area contributed by atoms with E-state index in [2.05, 4.69) is 24.9 Å². The van der Waals surface area contributed by atoms with Crippen LogP contribution < -0.4 is 10.5 Å². The number of hydrogen-bond acceptors (Lipinski definition) is 8. The second-order valence-corrected chi connectivity index (χ2v) is 5.10. The fourth-order valence-electron chi connectivity index (χ4n) is 2.36. The van der Waals surface area contributed by atoms with E-state index < -0.39 is 0 Å². The highest BCUT2D eigenvalue weighted by molar-refractivity contribution is 5.70. The average molecular weight is 324 g/mol. The van der Waals surface area contributed by atoms with Gasteiger partial charge >= 0.3 is 0 Å². The number of aryl methyl sites for hydroxylation is 1. The number of rotatable bonds is 3. The molecule has 0 fully saturated rings. The van der Waals surface area contributed by atoms with Gasteiger partial charge in [0.1, 0.15) is 17.2 Å². The van der Waals surface area contributed by atoms with Crippen LogP contribution in [0.15, 0.2) is 41.3 Å². The van der Waals surface area contributed by atoms with E-state index in [4.69, 9.17) is 10.5 Å². The zero-order chi connectivity index (χ0) is 16.7. The first-order chi connectivity index (χ1) is 11.6. The van der Waals surface area contributed by atoms with Crippen molar-refractivity contribution in [3.8, 4) is 28.8 Å². The van der Waals surface area contributed by atoms with Crippen molar-refractivity contribution in [3.63, 3.8) is 0 Å². The molecule has 0 saturated heterocycles. The number of fused-ring (bicyclic) bond motifs is 1. The molecule has 0 bridgehead atoms. The predicted molar refractivity (Wildman–Crippen MR) is 83.6 cm³/mol. The molecular weight excluding hydrogens is 312 g/mol. The van der Waals surface area contributed by atoms with Gasteiger partial charge in [-0.1, -0.05) is 6.07 Å².